The Hall–Kier alpha value is -2.21. The molecule has 21 heavy (non-hydrogen) atoms. The first kappa shape index (κ1) is 13.8. The van der Waals surface area contributed by atoms with Crippen molar-refractivity contribution in [2.75, 3.05) is 6.54 Å². The zero-order valence-electron chi connectivity index (χ0n) is 11.6. The first-order valence-corrected chi connectivity index (χ1v) is 6.80. The molecule has 1 aliphatic heterocycles. The molecular weight excluding hydrogens is 273 g/mol. The van der Waals surface area contributed by atoms with Crippen LogP contribution in [0.25, 0.3) is 0 Å². The molecule has 2 aromatic rings. The van der Waals surface area contributed by atoms with Crippen molar-refractivity contribution in [1.82, 2.24) is 14.9 Å². The zero-order valence-corrected chi connectivity index (χ0v) is 11.6. The zero-order chi connectivity index (χ0) is 15.0. The van der Waals surface area contributed by atoms with Gasteiger partial charge in [-0.15, -0.1) is 0 Å². The third-order valence-corrected chi connectivity index (χ3v) is 3.73. The second-order valence-corrected chi connectivity index (χ2v) is 5.30. The minimum absolute atomic E-state index is 0.207. The van der Waals surface area contributed by atoms with Crippen molar-refractivity contribution < 1.29 is 14.3 Å². The molecule has 2 heterocycles. The maximum absolute atomic E-state index is 13.0. The lowest BCUT2D eigenvalue weighted by molar-refractivity contribution is 0.0710. The van der Waals surface area contributed by atoms with E-state index in [-0.39, 0.29) is 24.3 Å². The minimum Gasteiger partial charge on any atom is -0.391 e. The van der Waals surface area contributed by atoms with Gasteiger partial charge in [0.05, 0.1) is 18.3 Å². The third-order valence-electron chi connectivity index (χ3n) is 3.73. The number of hydrogen-bond acceptors (Lipinski definition) is 3. The van der Waals surface area contributed by atoms with Crippen molar-refractivity contribution in [2.24, 2.45) is 0 Å². The molecule has 2 N–H and O–H groups in total. The summed E-state index contributed by atoms with van der Waals surface area (Å²) in [7, 11) is 0. The highest BCUT2D eigenvalue weighted by Gasteiger charge is 2.36. The molecule has 1 fully saturated rings. The molecular formula is C15H16FN3O2. The molecule has 5 nitrogen and oxygen atoms in total. The summed E-state index contributed by atoms with van der Waals surface area (Å²) in [5, 5.41) is 9.89. The molecule has 1 amide bonds. The first-order chi connectivity index (χ1) is 10.0. The van der Waals surface area contributed by atoms with Crippen molar-refractivity contribution >= 4 is 5.91 Å². The molecule has 2 atom stereocenters. The number of imidazole rings is 1. The van der Waals surface area contributed by atoms with Crippen LogP contribution < -0.4 is 0 Å². The van der Waals surface area contributed by atoms with Gasteiger partial charge in [0.25, 0.3) is 5.91 Å². The van der Waals surface area contributed by atoms with Gasteiger partial charge < -0.3 is 15.0 Å². The number of aliphatic hydroxyl groups is 1. The van der Waals surface area contributed by atoms with Gasteiger partial charge in [0, 0.05) is 6.54 Å². The summed E-state index contributed by atoms with van der Waals surface area (Å²) < 4.78 is 13.0. The number of amides is 1. The van der Waals surface area contributed by atoms with E-state index in [0.717, 1.165) is 5.56 Å². The van der Waals surface area contributed by atoms with Crippen LogP contribution in [0.3, 0.4) is 0 Å². The second-order valence-electron chi connectivity index (χ2n) is 5.30. The van der Waals surface area contributed by atoms with Crippen molar-refractivity contribution in [3.8, 4) is 0 Å². The molecule has 1 saturated heterocycles. The highest BCUT2D eigenvalue weighted by atomic mass is 19.1. The Labute approximate surface area is 121 Å². The summed E-state index contributed by atoms with van der Waals surface area (Å²) in [6, 6.07) is 5.77. The predicted octanol–water partition coefficient (Wildman–Crippen LogP) is 1.81. The molecule has 0 radical (unpaired) electrons. The van der Waals surface area contributed by atoms with E-state index >= 15 is 0 Å². The number of nitrogens with one attached hydrogen (secondary N) is 1. The quantitative estimate of drug-likeness (QED) is 0.886. The molecule has 6 heteroatoms. The lowest BCUT2D eigenvalue weighted by atomic mass is 10.0. The van der Waals surface area contributed by atoms with Gasteiger partial charge in [-0.2, -0.15) is 0 Å². The van der Waals surface area contributed by atoms with E-state index in [1.54, 1.807) is 24.0 Å². The molecule has 1 aliphatic rings. The van der Waals surface area contributed by atoms with E-state index < -0.39 is 6.10 Å². The Bertz CT molecular complexity index is 653. The Kier molecular flexibility index (Phi) is 3.47. The maximum atomic E-state index is 13.0. The standard InChI is InChI=1S/C15H16FN3O2/c1-9-17-7-13(18-9)15(21)19-8-12(20)6-14(19)10-2-4-11(16)5-3-10/h2-5,7,12,14,20H,6,8H2,1H3,(H,17,18). The Morgan fingerprint density at radius 1 is 1.43 bits per heavy atom. The smallest absolute Gasteiger partial charge is 0.272 e. The van der Waals surface area contributed by atoms with Crippen LogP contribution in [0.1, 0.15) is 34.3 Å². The number of aryl methyl sites for hydroxylation is 1. The van der Waals surface area contributed by atoms with Gasteiger partial charge in [0.1, 0.15) is 17.3 Å². The number of β-amino-alcohol motifs (C(OH)–C–C–N with tert-alkyl or cyclic N) is 1. The van der Waals surface area contributed by atoms with Crippen LogP contribution >= 0.6 is 0 Å². The number of likely N-dealkylation sites (tertiary alicyclic amines) is 1. The number of H-pyrrole nitrogens is 1. The highest BCUT2D eigenvalue weighted by Crippen LogP contribution is 2.33. The molecule has 0 saturated carbocycles. The molecule has 0 spiro atoms. The Balaban J connectivity index is 1.88. The number of carbonyl (C=O) groups is 1. The molecule has 3 rings (SSSR count). The molecule has 0 aliphatic carbocycles. The summed E-state index contributed by atoms with van der Waals surface area (Å²) in [5.74, 6) is 0.136. The SMILES string of the molecule is Cc1ncc(C(=O)N2CC(O)CC2c2ccc(F)cc2)[nH]1. The molecule has 2 unspecified atom stereocenters. The highest BCUT2D eigenvalue weighted by molar-refractivity contribution is 5.92. The molecule has 1 aromatic carbocycles. The number of benzene rings is 1. The van der Waals surface area contributed by atoms with Gasteiger partial charge in [0.15, 0.2) is 0 Å². The topological polar surface area (TPSA) is 69.2 Å². The van der Waals surface area contributed by atoms with Crippen LogP contribution in [-0.4, -0.2) is 38.5 Å². The fourth-order valence-electron chi connectivity index (χ4n) is 2.72. The second kappa shape index (κ2) is 5.29. The van der Waals surface area contributed by atoms with Gasteiger partial charge >= 0.3 is 0 Å². The number of hydrogen-bond donors (Lipinski definition) is 2. The van der Waals surface area contributed by atoms with Gasteiger partial charge in [-0.1, -0.05) is 12.1 Å². The number of aliphatic hydroxyl groups excluding tert-OH is 1. The van der Waals surface area contributed by atoms with E-state index in [2.05, 4.69) is 9.97 Å². The van der Waals surface area contributed by atoms with Crippen molar-refractivity contribution in [2.45, 2.75) is 25.5 Å². The van der Waals surface area contributed by atoms with Gasteiger partial charge in [-0.25, -0.2) is 9.37 Å². The van der Waals surface area contributed by atoms with Gasteiger partial charge in [-0.05, 0) is 31.0 Å². The monoisotopic (exact) mass is 289 g/mol. The van der Waals surface area contributed by atoms with Crippen LogP contribution in [0.4, 0.5) is 4.39 Å². The van der Waals surface area contributed by atoms with E-state index in [9.17, 15) is 14.3 Å². The third kappa shape index (κ3) is 2.67. The average molecular weight is 289 g/mol. The van der Waals surface area contributed by atoms with Crippen LogP contribution in [0.15, 0.2) is 30.5 Å². The van der Waals surface area contributed by atoms with E-state index in [1.807, 2.05) is 0 Å². The average Bonchev–Trinajstić information content (AvgIpc) is 3.05. The Morgan fingerprint density at radius 3 is 2.76 bits per heavy atom. The minimum atomic E-state index is -0.576. The van der Waals surface area contributed by atoms with E-state index in [1.165, 1.54) is 18.3 Å². The summed E-state index contributed by atoms with van der Waals surface area (Å²) in [5.41, 5.74) is 1.21. The van der Waals surface area contributed by atoms with Gasteiger partial charge in [-0.3, -0.25) is 4.79 Å². The molecule has 110 valence electrons. The lowest BCUT2D eigenvalue weighted by Gasteiger charge is -2.24. The lowest BCUT2D eigenvalue weighted by Crippen LogP contribution is -2.32. The molecule has 0 bridgehead atoms. The number of carbonyl (C=O) groups excluding carboxylic acids is 1. The maximum Gasteiger partial charge on any atom is 0.272 e. The first-order valence-electron chi connectivity index (χ1n) is 6.80. The Morgan fingerprint density at radius 2 is 2.14 bits per heavy atom. The van der Waals surface area contributed by atoms with Crippen LogP contribution in [0, 0.1) is 12.7 Å². The van der Waals surface area contributed by atoms with Gasteiger partial charge in [0.2, 0.25) is 0 Å². The number of aromatic amines is 1. The normalized spacial score (nSPS) is 21.8. The molecule has 1 aromatic heterocycles. The van der Waals surface area contributed by atoms with Crippen LogP contribution in [-0.2, 0) is 0 Å². The summed E-state index contributed by atoms with van der Waals surface area (Å²) >= 11 is 0. The largest absolute Gasteiger partial charge is 0.391 e. The van der Waals surface area contributed by atoms with E-state index in [4.69, 9.17) is 0 Å². The van der Waals surface area contributed by atoms with Crippen LogP contribution in [0.2, 0.25) is 0 Å². The summed E-state index contributed by atoms with van der Waals surface area (Å²) in [4.78, 5) is 21.1. The number of halogens is 1. The van der Waals surface area contributed by atoms with Crippen molar-refractivity contribution in [3.05, 3.63) is 53.4 Å². The van der Waals surface area contributed by atoms with Crippen LogP contribution in [0.5, 0.6) is 0 Å². The number of aromatic nitrogens is 2. The fourth-order valence-corrected chi connectivity index (χ4v) is 2.72. The van der Waals surface area contributed by atoms with Crippen molar-refractivity contribution in [1.29, 1.82) is 0 Å². The fraction of sp³-hybridized carbons (Fsp3) is 0.333. The number of rotatable bonds is 2. The predicted molar refractivity (Wildman–Crippen MR) is 74.1 cm³/mol. The van der Waals surface area contributed by atoms with Crippen molar-refractivity contribution in [3.63, 3.8) is 0 Å². The number of nitrogens with zero attached hydrogens (tertiary/aromatic N) is 2. The summed E-state index contributed by atoms with van der Waals surface area (Å²) in [6.45, 7) is 2.03. The van der Waals surface area contributed by atoms with E-state index in [0.29, 0.717) is 17.9 Å². The summed E-state index contributed by atoms with van der Waals surface area (Å²) in [6.07, 6.45) is 1.36.